The summed E-state index contributed by atoms with van der Waals surface area (Å²) in [6, 6.07) is 5.74. The number of para-hydroxylation sites is 1. The van der Waals surface area contributed by atoms with E-state index in [0.29, 0.717) is 6.04 Å². The van der Waals surface area contributed by atoms with Gasteiger partial charge in [-0.15, -0.1) is 24.0 Å². The van der Waals surface area contributed by atoms with Gasteiger partial charge in [-0.1, -0.05) is 12.1 Å². The zero-order valence-electron chi connectivity index (χ0n) is 17.2. The Morgan fingerprint density at radius 2 is 1.97 bits per heavy atom. The summed E-state index contributed by atoms with van der Waals surface area (Å²) in [5.41, 5.74) is -0.760. The maximum atomic E-state index is 13.0. The Morgan fingerprint density at radius 1 is 1.23 bits per heavy atom. The minimum Gasteiger partial charge on any atom is -0.491 e. The number of aliphatic imine (C=N–C) groups is 1. The van der Waals surface area contributed by atoms with Crippen LogP contribution in [0.1, 0.15) is 18.9 Å². The molecule has 1 unspecified atom stereocenters. The molecule has 1 aromatic carbocycles. The first kappa shape index (κ1) is 25.0. The van der Waals surface area contributed by atoms with E-state index in [1.807, 2.05) is 6.92 Å². The summed E-state index contributed by atoms with van der Waals surface area (Å²) in [5.74, 6) is 0.629. The van der Waals surface area contributed by atoms with Crippen molar-refractivity contribution < 1.29 is 22.6 Å². The molecular weight excluding hydrogens is 512 g/mol. The number of ether oxygens (including phenoxy) is 2. The minimum absolute atomic E-state index is 0. The molecule has 10 heteroatoms. The molecule has 3 rings (SSSR count). The van der Waals surface area contributed by atoms with Gasteiger partial charge in [0.05, 0.1) is 25.3 Å². The van der Waals surface area contributed by atoms with Gasteiger partial charge in [-0.3, -0.25) is 4.90 Å². The van der Waals surface area contributed by atoms with E-state index in [-0.39, 0.29) is 42.9 Å². The predicted molar refractivity (Wildman–Crippen MR) is 121 cm³/mol. The molecule has 2 saturated heterocycles. The molecule has 0 aromatic heterocycles. The summed E-state index contributed by atoms with van der Waals surface area (Å²) in [6.45, 7) is 8.38. The summed E-state index contributed by atoms with van der Waals surface area (Å²) in [4.78, 5) is 9.24. The number of hydrogen-bond donors (Lipinski definition) is 1. The molecule has 0 radical (unpaired) electrons. The number of hydrogen-bond acceptors (Lipinski definition) is 4. The Labute approximate surface area is 192 Å². The van der Waals surface area contributed by atoms with Crippen molar-refractivity contribution in [2.24, 2.45) is 4.99 Å². The van der Waals surface area contributed by atoms with Crippen LogP contribution in [-0.4, -0.2) is 80.9 Å². The zero-order valence-corrected chi connectivity index (χ0v) is 19.5. The molecule has 0 aliphatic carbocycles. The van der Waals surface area contributed by atoms with Crippen LogP contribution in [0.15, 0.2) is 29.3 Å². The van der Waals surface area contributed by atoms with Gasteiger partial charge in [-0.2, -0.15) is 13.2 Å². The van der Waals surface area contributed by atoms with Crippen molar-refractivity contribution in [3.8, 4) is 5.75 Å². The third-order valence-corrected chi connectivity index (χ3v) is 5.16. The lowest BCUT2D eigenvalue weighted by Crippen LogP contribution is -2.46. The van der Waals surface area contributed by atoms with E-state index in [9.17, 15) is 13.2 Å². The molecule has 1 aromatic rings. The minimum atomic E-state index is -4.43. The van der Waals surface area contributed by atoms with Gasteiger partial charge in [0.1, 0.15) is 12.4 Å². The van der Waals surface area contributed by atoms with Crippen LogP contribution in [0.3, 0.4) is 0 Å². The molecular formula is C20H30F3IN4O2. The largest absolute Gasteiger partial charge is 0.491 e. The van der Waals surface area contributed by atoms with Gasteiger partial charge in [0.2, 0.25) is 0 Å². The summed E-state index contributed by atoms with van der Waals surface area (Å²) in [7, 11) is 0. The predicted octanol–water partition coefficient (Wildman–Crippen LogP) is 3.07. The molecule has 1 N–H and O–H groups in total. The first-order valence-corrected chi connectivity index (χ1v) is 10.1. The number of morpholine rings is 1. The second-order valence-corrected chi connectivity index (χ2v) is 7.11. The van der Waals surface area contributed by atoms with Crippen molar-refractivity contribution >= 4 is 29.9 Å². The lowest BCUT2D eigenvalue weighted by atomic mass is 10.2. The quantitative estimate of drug-likeness (QED) is 0.259. The Balaban J connectivity index is 0.00000320. The summed E-state index contributed by atoms with van der Waals surface area (Å²) in [6.07, 6.45) is -3.36. The number of rotatable bonds is 6. The van der Waals surface area contributed by atoms with Gasteiger partial charge in [0.15, 0.2) is 5.96 Å². The zero-order chi connectivity index (χ0) is 20.7. The van der Waals surface area contributed by atoms with Gasteiger partial charge < -0.3 is 19.7 Å². The van der Waals surface area contributed by atoms with Crippen LogP contribution in [0.5, 0.6) is 5.75 Å². The van der Waals surface area contributed by atoms with E-state index in [2.05, 4.69) is 20.1 Å². The van der Waals surface area contributed by atoms with Gasteiger partial charge in [-0.05, 0) is 25.5 Å². The van der Waals surface area contributed by atoms with Crippen LogP contribution in [-0.2, 0) is 10.9 Å². The van der Waals surface area contributed by atoms with Crippen molar-refractivity contribution in [1.82, 2.24) is 15.1 Å². The van der Waals surface area contributed by atoms with Crippen LogP contribution >= 0.6 is 24.0 Å². The standard InChI is InChI=1S/C20H29F3N4O2.HI/c1-2-24-19(27-9-7-16(15-27)26-10-13-28-14-11-26)25-8-12-29-18-6-4-3-5-17(18)20(21,22)23;/h3-6,16H,2,7-15H2,1H3,(H,24,25);1H. The van der Waals surface area contributed by atoms with Crippen LogP contribution in [0, 0.1) is 0 Å². The molecule has 1 atom stereocenters. The Hall–Kier alpha value is -1.27. The average Bonchev–Trinajstić information content (AvgIpc) is 3.21. The summed E-state index contributed by atoms with van der Waals surface area (Å²) in [5, 5.41) is 3.28. The van der Waals surface area contributed by atoms with E-state index in [1.165, 1.54) is 18.2 Å². The third kappa shape index (κ3) is 6.88. The molecule has 2 heterocycles. The fourth-order valence-corrected chi connectivity index (χ4v) is 3.73. The normalized spacial score (nSPS) is 20.7. The number of alkyl halides is 3. The van der Waals surface area contributed by atoms with Crippen molar-refractivity contribution in [3.63, 3.8) is 0 Å². The third-order valence-electron chi connectivity index (χ3n) is 5.16. The number of nitrogens with zero attached hydrogens (tertiary/aromatic N) is 3. The van der Waals surface area contributed by atoms with E-state index in [0.717, 1.165) is 64.4 Å². The second-order valence-electron chi connectivity index (χ2n) is 7.11. The smallest absolute Gasteiger partial charge is 0.419 e. The van der Waals surface area contributed by atoms with Crippen LogP contribution in [0.2, 0.25) is 0 Å². The second kappa shape index (κ2) is 11.9. The monoisotopic (exact) mass is 542 g/mol. The fraction of sp³-hybridized carbons (Fsp3) is 0.650. The highest BCUT2D eigenvalue weighted by atomic mass is 127. The van der Waals surface area contributed by atoms with Crippen LogP contribution < -0.4 is 10.1 Å². The van der Waals surface area contributed by atoms with E-state index < -0.39 is 11.7 Å². The number of halogens is 4. The molecule has 0 saturated carbocycles. The molecule has 2 aliphatic heterocycles. The number of benzene rings is 1. The van der Waals surface area contributed by atoms with E-state index in [1.54, 1.807) is 0 Å². The molecule has 2 aliphatic rings. The van der Waals surface area contributed by atoms with Crippen molar-refractivity contribution in [2.75, 3.05) is 59.1 Å². The maximum Gasteiger partial charge on any atom is 0.419 e. The number of likely N-dealkylation sites (tertiary alicyclic amines) is 1. The highest BCUT2D eigenvalue weighted by Crippen LogP contribution is 2.35. The molecule has 30 heavy (non-hydrogen) atoms. The highest BCUT2D eigenvalue weighted by Gasteiger charge is 2.34. The van der Waals surface area contributed by atoms with Crippen molar-refractivity contribution in [2.45, 2.75) is 25.6 Å². The maximum absolute atomic E-state index is 13.0. The number of nitrogens with one attached hydrogen (secondary N) is 1. The van der Waals surface area contributed by atoms with Crippen molar-refractivity contribution in [3.05, 3.63) is 29.8 Å². The first-order chi connectivity index (χ1) is 14.0. The van der Waals surface area contributed by atoms with Gasteiger partial charge in [0, 0.05) is 38.8 Å². The fourth-order valence-electron chi connectivity index (χ4n) is 3.73. The van der Waals surface area contributed by atoms with Crippen LogP contribution in [0.25, 0.3) is 0 Å². The molecule has 2 fully saturated rings. The molecule has 170 valence electrons. The van der Waals surface area contributed by atoms with Crippen molar-refractivity contribution in [1.29, 1.82) is 0 Å². The Morgan fingerprint density at radius 3 is 2.67 bits per heavy atom. The van der Waals surface area contributed by atoms with Crippen LogP contribution in [0.4, 0.5) is 13.2 Å². The van der Waals surface area contributed by atoms with Gasteiger partial charge in [0.25, 0.3) is 0 Å². The first-order valence-electron chi connectivity index (χ1n) is 10.1. The lowest BCUT2D eigenvalue weighted by Gasteiger charge is -2.32. The van der Waals surface area contributed by atoms with Gasteiger partial charge in [-0.25, -0.2) is 4.99 Å². The molecule has 6 nitrogen and oxygen atoms in total. The van der Waals surface area contributed by atoms with E-state index >= 15 is 0 Å². The number of guanidine groups is 1. The van der Waals surface area contributed by atoms with Gasteiger partial charge >= 0.3 is 6.18 Å². The topological polar surface area (TPSA) is 49.3 Å². The Bertz CT molecular complexity index is 684. The summed E-state index contributed by atoms with van der Waals surface area (Å²) >= 11 is 0. The summed E-state index contributed by atoms with van der Waals surface area (Å²) < 4.78 is 49.9. The SMILES string of the molecule is CCNC(=NCCOc1ccccc1C(F)(F)F)N1CCC(N2CCOCC2)C1.I. The molecule has 0 bridgehead atoms. The average molecular weight is 542 g/mol. The van der Waals surface area contributed by atoms with E-state index in [4.69, 9.17) is 9.47 Å². The lowest BCUT2D eigenvalue weighted by molar-refractivity contribution is -0.138. The highest BCUT2D eigenvalue weighted by molar-refractivity contribution is 14.0. The molecule has 0 spiro atoms. The Kier molecular flexibility index (Phi) is 9.95. The molecule has 0 amide bonds.